The van der Waals surface area contributed by atoms with Crippen molar-refractivity contribution in [3.63, 3.8) is 0 Å². The van der Waals surface area contributed by atoms with Gasteiger partial charge in [-0.1, -0.05) is 70.7 Å². The molecule has 1 unspecified atom stereocenters. The third-order valence-corrected chi connectivity index (χ3v) is 8.78. The molecule has 0 radical (unpaired) electrons. The molecule has 7 nitrogen and oxygen atoms in total. The number of amides is 2. The minimum atomic E-state index is -4.20. The van der Waals surface area contributed by atoms with Gasteiger partial charge in [0.2, 0.25) is 11.8 Å². The zero-order valence-corrected chi connectivity index (χ0v) is 25.5. The molecule has 39 heavy (non-hydrogen) atoms. The molecule has 208 valence electrons. The smallest absolute Gasteiger partial charge is 0.264 e. The molecule has 1 atom stereocenters. The van der Waals surface area contributed by atoms with E-state index in [1.54, 1.807) is 25.1 Å². The Labute approximate surface area is 248 Å². The Balaban J connectivity index is 2.00. The number of nitrogens with zero attached hydrogens (tertiary/aromatic N) is 2. The first-order valence-electron chi connectivity index (χ1n) is 12.4. The third kappa shape index (κ3) is 8.45. The Morgan fingerprint density at radius 3 is 2.31 bits per heavy atom. The number of hydrogen-bond donors (Lipinski definition) is 1. The summed E-state index contributed by atoms with van der Waals surface area (Å²) >= 11 is 15.6. The SMILES string of the molecule is CCCCNC(=O)C(C)N(Cc1cccc(Br)c1)C(=O)CN(c1cccc(Cl)c1)S(=O)(=O)c1ccc(Cl)cc1. The van der Waals surface area contributed by atoms with E-state index in [9.17, 15) is 18.0 Å². The number of unbranched alkanes of at least 4 members (excludes halogenated alkanes) is 1. The molecule has 0 fully saturated rings. The van der Waals surface area contributed by atoms with Gasteiger partial charge in [-0.15, -0.1) is 0 Å². The lowest BCUT2D eigenvalue weighted by Crippen LogP contribution is -2.51. The molecule has 0 aliphatic rings. The second-order valence-corrected chi connectivity index (χ2v) is 12.6. The van der Waals surface area contributed by atoms with Gasteiger partial charge in [0.1, 0.15) is 12.6 Å². The van der Waals surface area contributed by atoms with Crippen LogP contribution in [0, 0.1) is 0 Å². The maximum atomic E-state index is 13.9. The molecule has 0 aromatic heterocycles. The Hall–Kier alpha value is -2.59. The van der Waals surface area contributed by atoms with Crippen molar-refractivity contribution in [3.05, 3.63) is 92.9 Å². The van der Waals surface area contributed by atoms with E-state index in [1.165, 1.54) is 35.2 Å². The van der Waals surface area contributed by atoms with Crippen LogP contribution in [0.1, 0.15) is 32.3 Å². The molecule has 3 aromatic rings. The summed E-state index contributed by atoms with van der Waals surface area (Å²) in [5, 5.41) is 3.55. The summed E-state index contributed by atoms with van der Waals surface area (Å²) < 4.78 is 29.4. The van der Waals surface area contributed by atoms with Crippen molar-refractivity contribution in [1.82, 2.24) is 10.2 Å². The molecule has 0 aliphatic heterocycles. The fourth-order valence-electron chi connectivity index (χ4n) is 3.84. The number of halogens is 3. The van der Waals surface area contributed by atoms with Crippen molar-refractivity contribution in [2.24, 2.45) is 0 Å². The van der Waals surface area contributed by atoms with Gasteiger partial charge < -0.3 is 10.2 Å². The van der Waals surface area contributed by atoms with Gasteiger partial charge in [-0.3, -0.25) is 13.9 Å². The summed E-state index contributed by atoms with van der Waals surface area (Å²) in [7, 11) is -4.20. The average molecular weight is 655 g/mol. The van der Waals surface area contributed by atoms with Crippen molar-refractivity contribution in [3.8, 4) is 0 Å². The van der Waals surface area contributed by atoms with Gasteiger partial charge in [0.25, 0.3) is 10.0 Å². The minimum Gasteiger partial charge on any atom is -0.354 e. The number of carbonyl (C=O) groups is 2. The Morgan fingerprint density at radius 2 is 1.67 bits per heavy atom. The van der Waals surface area contributed by atoms with E-state index in [0.717, 1.165) is 27.2 Å². The molecule has 0 bridgehead atoms. The van der Waals surface area contributed by atoms with E-state index in [1.807, 2.05) is 31.2 Å². The van der Waals surface area contributed by atoms with Crippen molar-refractivity contribution >= 4 is 66.7 Å². The lowest BCUT2D eigenvalue weighted by atomic mass is 10.1. The summed E-state index contributed by atoms with van der Waals surface area (Å²) in [5.74, 6) is -0.868. The summed E-state index contributed by atoms with van der Waals surface area (Å²) in [6.07, 6.45) is 1.71. The first-order chi connectivity index (χ1) is 18.5. The van der Waals surface area contributed by atoms with Crippen LogP contribution in [0.15, 0.2) is 82.2 Å². The van der Waals surface area contributed by atoms with E-state index in [-0.39, 0.29) is 23.0 Å². The van der Waals surface area contributed by atoms with Gasteiger partial charge in [0.05, 0.1) is 10.6 Å². The topological polar surface area (TPSA) is 86.8 Å². The fourth-order valence-corrected chi connectivity index (χ4v) is 6.01. The van der Waals surface area contributed by atoms with Gasteiger partial charge in [-0.2, -0.15) is 0 Å². The van der Waals surface area contributed by atoms with Crippen LogP contribution in [-0.4, -0.2) is 44.3 Å². The third-order valence-electron chi connectivity index (χ3n) is 6.02. The molecule has 11 heteroatoms. The van der Waals surface area contributed by atoms with Crippen LogP contribution < -0.4 is 9.62 Å². The van der Waals surface area contributed by atoms with E-state index in [4.69, 9.17) is 23.2 Å². The van der Waals surface area contributed by atoms with Crippen LogP contribution in [-0.2, 0) is 26.2 Å². The quantitative estimate of drug-likeness (QED) is 0.233. The molecule has 3 rings (SSSR count). The van der Waals surface area contributed by atoms with Gasteiger partial charge in [0, 0.05) is 27.6 Å². The molecule has 3 aromatic carbocycles. The van der Waals surface area contributed by atoms with Crippen LogP contribution in [0.4, 0.5) is 5.69 Å². The molecule has 0 saturated heterocycles. The van der Waals surface area contributed by atoms with Crippen LogP contribution in [0.25, 0.3) is 0 Å². The summed E-state index contributed by atoms with van der Waals surface area (Å²) in [4.78, 5) is 28.2. The van der Waals surface area contributed by atoms with E-state index in [0.29, 0.717) is 16.6 Å². The summed E-state index contributed by atoms with van der Waals surface area (Å²) in [6.45, 7) is 3.69. The first kappa shape index (κ1) is 30.9. The van der Waals surface area contributed by atoms with Crippen molar-refractivity contribution in [2.45, 2.75) is 44.2 Å². The number of anilines is 1. The Morgan fingerprint density at radius 1 is 0.974 bits per heavy atom. The van der Waals surface area contributed by atoms with Crippen LogP contribution in [0.2, 0.25) is 10.0 Å². The molecule has 0 heterocycles. The molecule has 0 aliphatic carbocycles. The molecule has 2 amide bonds. The lowest BCUT2D eigenvalue weighted by molar-refractivity contribution is -0.139. The minimum absolute atomic E-state index is 0.0384. The lowest BCUT2D eigenvalue weighted by Gasteiger charge is -2.32. The van der Waals surface area contributed by atoms with E-state index < -0.39 is 28.5 Å². The number of hydrogen-bond acceptors (Lipinski definition) is 4. The molecule has 0 spiro atoms. The average Bonchev–Trinajstić information content (AvgIpc) is 2.90. The van der Waals surface area contributed by atoms with Crippen LogP contribution >= 0.6 is 39.1 Å². The maximum Gasteiger partial charge on any atom is 0.264 e. The van der Waals surface area contributed by atoms with E-state index in [2.05, 4.69) is 21.2 Å². The largest absolute Gasteiger partial charge is 0.354 e. The summed E-state index contributed by atoms with van der Waals surface area (Å²) in [5.41, 5.74) is 0.994. The number of benzene rings is 3. The van der Waals surface area contributed by atoms with Gasteiger partial charge in [0.15, 0.2) is 0 Å². The second kappa shape index (κ2) is 14.2. The van der Waals surface area contributed by atoms with Crippen molar-refractivity contribution in [1.29, 1.82) is 0 Å². The van der Waals surface area contributed by atoms with Crippen LogP contribution in [0.5, 0.6) is 0 Å². The standard InChI is InChI=1S/C28H30BrCl2N3O4S/c1-3-4-15-32-28(36)20(2)33(18-21-7-5-8-22(29)16-21)27(35)19-34(25-10-6-9-24(31)17-25)39(37,38)26-13-11-23(30)12-14-26/h5-14,16-17,20H,3-4,15,18-19H2,1-2H3,(H,32,36). The monoisotopic (exact) mass is 653 g/mol. The van der Waals surface area contributed by atoms with Crippen molar-refractivity contribution < 1.29 is 18.0 Å². The highest BCUT2D eigenvalue weighted by Gasteiger charge is 2.32. The zero-order valence-electron chi connectivity index (χ0n) is 21.6. The number of sulfonamides is 1. The van der Waals surface area contributed by atoms with E-state index >= 15 is 0 Å². The highest BCUT2D eigenvalue weighted by molar-refractivity contribution is 9.10. The Kier molecular flexibility index (Phi) is 11.2. The summed E-state index contributed by atoms with van der Waals surface area (Å²) in [6, 6.07) is 18.5. The number of rotatable bonds is 12. The molecule has 1 N–H and O–H groups in total. The second-order valence-electron chi connectivity index (χ2n) is 8.92. The zero-order chi connectivity index (χ0) is 28.6. The highest BCUT2D eigenvalue weighted by atomic mass is 79.9. The molecule has 0 saturated carbocycles. The van der Waals surface area contributed by atoms with Gasteiger partial charge in [-0.25, -0.2) is 8.42 Å². The van der Waals surface area contributed by atoms with Crippen LogP contribution in [0.3, 0.4) is 0 Å². The molecular weight excluding hydrogens is 625 g/mol. The predicted molar refractivity (Wildman–Crippen MR) is 160 cm³/mol. The normalized spacial score (nSPS) is 12.0. The number of nitrogens with one attached hydrogen (secondary N) is 1. The van der Waals surface area contributed by atoms with Gasteiger partial charge >= 0.3 is 0 Å². The number of carbonyl (C=O) groups excluding carboxylic acids is 2. The highest BCUT2D eigenvalue weighted by Crippen LogP contribution is 2.27. The maximum absolute atomic E-state index is 13.9. The fraction of sp³-hybridized carbons (Fsp3) is 0.286. The Bertz CT molecular complexity index is 1400. The first-order valence-corrected chi connectivity index (χ1v) is 15.4. The van der Waals surface area contributed by atoms with Gasteiger partial charge in [-0.05, 0) is 73.5 Å². The molecular formula is C28H30BrCl2N3O4S. The predicted octanol–water partition coefficient (Wildman–Crippen LogP) is 6.28. The van der Waals surface area contributed by atoms with Crippen molar-refractivity contribution in [2.75, 3.05) is 17.4 Å².